The molecule has 0 bridgehead atoms. The maximum absolute atomic E-state index is 13.5. The number of nitrogens with zero attached hydrogens (tertiary/aromatic N) is 1. The summed E-state index contributed by atoms with van der Waals surface area (Å²) in [6, 6.07) is 17.5. The summed E-state index contributed by atoms with van der Waals surface area (Å²) in [5, 5.41) is 3.48. The van der Waals surface area contributed by atoms with Crippen molar-refractivity contribution in [2.75, 3.05) is 6.54 Å². The topological polar surface area (TPSA) is 66.5 Å². The van der Waals surface area contributed by atoms with Crippen LogP contribution in [0.4, 0.5) is 0 Å². The fraction of sp³-hybridized carbons (Fsp3) is 0.296. The molecule has 1 N–H and O–H groups in total. The van der Waals surface area contributed by atoms with Gasteiger partial charge in [-0.15, -0.1) is 0 Å². The molecule has 1 unspecified atom stereocenters. The highest BCUT2D eigenvalue weighted by Gasteiger charge is 2.27. The first-order valence-electron chi connectivity index (χ1n) is 11.2. The van der Waals surface area contributed by atoms with Crippen molar-refractivity contribution < 1.29 is 13.2 Å². The number of rotatable bonds is 8. The molecule has 0 aromatic heterocycles. The van der Waals surface area contributed by atoms with Gasteiger partial charge in [0.25, 0.3) is 0 Å². The van der Waals surface area contributed by atoms with Crippen LogP contribution in [-0.2, 0) is 21.4 Å². The fourth-order valence-electron chi connectivity index (χ4n) is 3.90. The lowest BCUT2D eigenvalue weighted by atomic mass is 9.96. The zero-order valence-electron chi connectivity index (χ0n) is 20.2. The minimum absolute atomic E-state index is 0.0290. The Hall–Kier alpha value is -2.67. The van der Waals surface area contributed by atoms with Crippen molar-refractivity contribution in [1.29, 1.82) is 0 Å². The van der Waals surface area contributed by atoms with Gasteiger partial charge in [-0.3, -0.25) is 4.79 Å². The van der Waals surface area contributed by atoms with Crippen molar-refractivity contribution in [3.05, 3.63) is 99.1 Å². The summed E-state index contributed by atoms with van der Waals surface area (Å²) in [4.78, 5) is 13.2. The minimum Gasteiger partial charge on any atom is -0.348 e. The van der Waals surface area contributed by atoms with Gasteiger partial charge in [0.2, 0.25) is 15.9 Å². The van der Waals surface area contributed by atoms with Crippen molar-refractivity contribution in [1.82, 2.24) is 9.62 Å². The summed E-state index contributed by atoms with van der Waals surface area (Å²) in [7, 11) is -3.92. The van der Waals surface area contributed by atoms with Gasteiger partial charge in [-0.1, -0.05) is 53.6 Å². The van der Waals surface area contributed by atoms with E-state index in [1.807, 2.05) is 27.7 Å². The Morgan fingerprint density at radius 3 is 2.24 bits per heavy atom. The molecule has 0 heterocycles. The summed E-state index contributed by atoms with van der Waals surface area (Å²) in [6.45, 7) is 9.62. The van der Waals surface area contributed by atoms with Crippen molar-refractivity contribution in [2.24, 2.45) is 0 Å². The van der Waals surface area contributed by atoms with Gasteiger partial charge < -0.3 is 5.32 Å². The van der Waals surface area contributed by atoms with Gasteiger partial charge in [0.1, 0.15) is 0 Å². The van der Waals surface area contributed by atoms with Crippen LogP contribution in [0.2, 0.25) is 5.02 Å². The quantitative estimate of drug-likeness (QED) is 0.437. The number of sulfonamides is 1. The van der Waals surface area contributed by atoms with E-state index >= 15 is 0 Å². The van der Waals surface area contributed by atoms with Gasteiger partial charge in [0.05, 0.1) is 17.5 Å². The van der Waals surface area contributed by atoms with Crippen LogP contribution in [0.1, 0.15) is 46.3 Å². The van der Waals surface area contributed by atoms with Crippen LogP contribution in [0.5, 0.6) is 0 Å². The normalized spacial score (nSPS) is 12.6. The molecule has 0 spiro atoms. The van der Waals surface area contributed by atoms with Crippen LogP contribution in [0, 0.1) is 27.7 Å². The van der Waals surface area contributed by atoms with E-state index in [9.17, 15) is 13.2 Å². The summed E-state index contributed by atoms with van der Waals surface area (Å²) < 4.78 is 28.1. The van der Waals surface area contributed by atoms with Gasteiger partial charge >= 0.3 is 0 Å². The number of hydrogen-bond acceptors (Lipinski definition) is 3. The largest absolute Gasteiger partial charge is 0.348 e. The first-order chi connectivity index (χ1) is 16.0. The van der Waals surface area contributed by atoms with Crippen LogP contribution in [-0.4, -0.2) is 25.2 Å². The van der Waals surface area contributed by atoms with Crippen LogP contribution < -0.4 is 5.32 Å². The highest BCUT2D eigenvalue weighted by atomic mass is 35.5. The summed E-state index contributed by atoms with van der Waals surface area (Å²) in [6.07, 6.45) is 0. The number of nitrogens with one attached hydrogen (secondary N) is 1. The van der Waals surface area contributed by atoms with E-state index in [4.69, 9.17) is 11.6 Å². The molecule has 3 rings (SSSR count). The second-order valence-electron chi connectivity index (χ2n) is 8.80. The van der Waals surface area contributed by atoms with Crippen molar-refractivity contribution in [3.8, 4) is 0 Å². The lowest BCUT2D eigenvalue weighted by Crippen LogP contribution is -2.41. The molecular formula is C27H31ClN2O3S. The number of carbonyl (C=O) groups excluding carboxylic acids is 1. The molecule has 0 aliphatic heterocycles. The first kappa shape index (κ1) is 25.9. The molecule has 1 amide bonds. The lowest BCUT2D eigenvalue weighted by Gasteiger charge is -2.24. The molecule has 1 atom stereocenters. The average molecular weight is 499 g/mol. The highest BCUT2D eigenvalue weighted by molar-refractivity contribution is 7.89. The molecule has 180 valence electrons. The molecule has 5 nitrogen and oxygen atoms in total. The molecule has 3 aromatic carbocycles. The minimum atomic E-state index is -3.92. The smallest absolute Gasteiger partial charge is 0.243 e. The van der Waals surface area contributed by atoms with E-state index in [-0.39, 0.29) is 29.9 Å². The molecule has 0 saturated heterocycles. The van der Waals surface area contributed by atoms with Crippen LogP contribution in [0.3, 0.4) is 0 Å². The Balaban J connectivity index is 1.86. The van der Waals surface area contributed by atoms with Crippen LogP contribution in [0.15, 0.2) is 65.6 Å². The Bertz CT molecular complexity index is 1290. The molecule has 7 heteroatoms. The van der Waals surface area contributed by atoms with E-state index in [1.165, 1.54) is 9.87 Å². The van der Waals surface area contributed by atoms with Gasteiger partial charge in [0.15, 0.2) is 0 Å². The third kappa shape index (κ3) is 6.26. The van der Waals surface area contributed by atoms with Crippen molar-refractivity contribution in [2.45, 2.75) is 52.1 Å². The maximum Gasteiger partial charge on any atom is 0.243 e. The number of hydrogen-bond donors (Lipinski definition) is 1. The van der Waals surface area contributed by atoms with Gasteiger partial charge in [0, 0.05) is 11.6 Å². The molecule has 0 aliphatic carbocycles. The number of halogens is 1. The highest BCUT2D eigenvalue weighted by Crippen LogP contribution is 2.23. The third-order valence-electron chi connectivity index (χ3n) is 5.95. The molecule has 3 aromatic rings. The number of aryl methyl sites for hydroxylation is 4. The second-order valence-corrected chi connectivity index (χ2v) is 11.2. The first-order valence-corrected chi connectivity index (χ1v) is 13.0. The van der Waals surface area contributed by atoms with E-state index in [2.05, 4.69) is 24.4 Å². The van der Waals surface area contributed by atoms with E-state index < -0.39 is 10.0 Å². The SMILES string of the molecule is Cc1ccc(S(=O)(=O)N(CC(=O)NC(C)c2cc(C)c(C)cc2C)Cc2cccc(Cl)c2)cc1. The van der Waals surface area contributed by atoms with Crippen molar-refractivity contribution in [3.63, 3.8) is 0 Å². The molecule has 34 heavy (non-hydrogen) atoms. The molecule has 0 fully saturated rings. The van der Waals surface area contributed by atoms with Crippen molar-refractivity contribution >= 4 is 27.5 Å². The zero-order valence-corrected chi connectivity index (χ0v) is 21.8. The molecule has 0 radical (unpaired) electrons. The van der Waals surface area contributed by atoms with E-state index in [0.29, 0.717) is 10.6 Å². The Kier molecular flexibility index (Phi) is 8.18. The predicted molar refractivity (Wildman–Crippen MR) is 137 cm³/mol. The van der Waals surface area contributed by atoms with Crippen LogP contribution in [0.25, 0.3) is 0 Å². The molecule has 0 saturated carbocycles. The fourth-order valence-corrected chi connectivity index (χ4v) is 5.50. The monoisotopic (exact) mass is 498 g/mol. The van der Waals surface area contributed by atoms with Crippen LogP contribution >= 0.6 is 11.6 Å². The summed E-state index contributed by atoms with van der Waals surface area (Å²) >= 11 is 6.11. The maximum atomic E-state index is 13.5. The average Bonchev–Trinajstić information content (AvgIpc) is 2.76. The Morgan fingerprint density at radius 1 is 0.941 bits per heavy atom. The Labute approximate surface area is 207 Å². The lowest BCUT2D eigenvalue weighted by molar-refractivity contribution is -0.122. The molecule has 0 aliphatic rings. The number of amides is 1. The third-order valence-corrected chi connectivity index (χ3v) is 7.99. The van der Waals surface area contributed by atoms with Gasteiger partial charge in [-0.05, 0) is 86.7 Å². The van der Waals surface area contributed by atoms with Gasteiger partial charge in [-0.2, -0.15) is 4.31 Å². The number of benzene rings is 3. The summed E-state index contributed by atoms with van der Waals surface area (Å²) in [5.74, 6) is -0.372. The predicted octanol–water partition coefficient (Wildman–Crippen LogP) is 5.64. The zero-order chi connectivity index (χ0) is 25.0. The second kappa shape index (κ2) is 10.7. The Morgan fingerprint density at radius 2 is 1.59 bits per heavy atom. The number of carbonyl (C=O) groups is 1. The molecular weight excluding hydrogens is 468 g/mol. The van der Waals surface area contributed by atoms with E-state index in [0.717, 1.165) is 22.3 Å². The van der Waals surface area contributed by atoms with Gasteiger partial charge in [-0.25, -0.2) is 8.42 Å². The summed E-state index contributed by atoms with van der Waals surface area (Å²) in [5.41, 5.74) is 6.09. The van der Waals surface area contributed by atoms with E-state index in [1.54, 1.807) is 48.5 Å². The standard InChI is InChI=1S/C27H31ClN2O3S/c1-18-9-11-25(12-10-18)34(32,33)30(16-23-7-6-8-24(28)15-23)17-27(31)29-22(5)26-14-20(3)19(2)13-21(26)4/h6-15,22H,16-17H2,1-5H3,(H,29,31).